The third kappa shape index (κ3) is 3.58. The fourth-order valence-corrected chi connectivity index (χ4v) is 11.2. The van der Waals surface area contributed by atoms with E-state index in [9.17, 15) is 5.11 Å². The number of hydrogen-bond donors (Lipinski definition) is 1. The maximum Gasteiger partial charge on any atom is 0.623 e. The topological polar surface area (TPSA) is 104 Å². The molecule has 10 heteroatoms. The van der Waals surface area contributed by atoms with Gasteiger partial charge in [-0.1, -0.05) is 111 Å². The summed E-state index contributed by atoms with van der Waals surface area (Å²) in [4.78, 5) is 31.7. The van der Waals surface area contributed by atoms with E-state index in [1.54, 1.807) is 0 Å². The van der Waals surface area contributed by atoms with E-state index in [-0.39, 0.29) is 0 Å². The summed E-state index contributed by atoms with van der Waals surface area (Å²) in [5, 5.41) is 16.7. The first-order valence-electron chi connectivity index (χ1n) is 16.0. The van der Waals surface area contributed by atoms with Gasteiger partial charge in [-0.05, 0) is 12.8 Å². The lowest BCUT2D eigenvalue weighted by Crippen LogP contribution is -2.60. The number of aliphatic hydroxyl groups is 1. The van der Waals surface area contributed by atoms with Crippen LogP contribution >= 0.6 is 0 Å². The largest absolute Gasteiger partial charge is 0.623 e. The molecule has 6 aromatic rings. The maximum atomic E-state index is 12.9. The van der Waals surface area contributed by atoms with Gasteiger partial charge in [-0.2, -0.15) is 0 Å². The highest BCUT2D eigenvalue weighted by Gasteiger charge is 2.51. The molecule has 0 radical (unpaired) electrons. The molecule has 4 aromatic carbocycles. The molecule has 6 bridgehead atoms. The van der Waals surface area contributed by atoms with Crippen molar-refractivity contribution in [3.8, 4) is 0 Å². The predicted octanol–water partition coefficient (Wildman–Crippen LogP) is 5.51. The molecule has 0 fully saturated rings. The van der Waals surface area contributed by atoms with Gasteiger partial charge in [-0.3, -0.25) is 0 Å². The average Bonchev–Trinajstić information content (AvgIpc) is 3.82. The van der Waals surface area contributed by atoms with Gasteiger partial charge in [-0.15, -0.1) is 0 Å². The smallest absolute Gasteiger partial charge is 0.400 e. The molecule has 0 atom stereocenters. The van der Waals surface area contributed by atoms with Crippen LogP contribution in [0, 0.1) is 0 Å². The minimum absolute atomic E-state index is 0.524. The third-order valence-electron chi connectivity index (χ3n) is 10.0. The Morgan fingerprint density at radius 3 is 1.26 bits per heavy atom. The van der Waals surface area contributed by atoms with E-state index in [0.29, 0.717) is 36.2 Å². The molecule has 0 saturated carbocycles. The molecule has 0 aliphatic carbocycles. The lowest BCUT2D eigenvalue weighted by atomic mass is 10.1. The van der Waals surface area contributed by atoms with E-state index < -0.39 is 19.1 Å². The molecular formula is C37H27AlN8O. The Labute approximate surface area is 273 Å². The van der Waals surface area contributed by atoms with Gasteiger partial charge in [0, 0.05) is 43.8 Å². The number of aromatic nitrogens is 2. The Morgan fingerprint density at radius 2 is 0.851 bits per heavy atom. The Bertz CT molecular complexity index is 2470. The minimum Gasteiger partial charge on any atom is -0.400 e. The van der Waals surface area contributed by atoms with E-state index in [1.165, 1.54) is 0 Å². The summed E-state index contributed by atoms with van der Waals surface area (Å²) in [7, 11) is 0. The summed E-state index contributed by atoms with van der Waals surface area (Å²) in [6, 6.07) is 32.7. The van der Waals surface area contributed by atoms with Crippen molar-refractivity contribution >= 4 is 71.1 Å². The molecule has 4 aliphatic heterocycles. The van der Waals surface area contributed by atoms with Crippen LogP contribution in [0.25, 0.3) is 21.5 Å². The summed E-state index contributed by atoms with van der Waals surface area (Å²) in [6.07, 6.45) is 1.05. The predicted molar refractivity (Wildman–Crippen MR) is 187 cm³/mol. The summed E-state index contributed by atoms with van der Waals surface area (Å²) in [5.41, 5.74) is 5.14. The summed E-state index contributed by atoms with van der Waals surface area (Å²) in [5.74, 6) is 3.83. The second-order valence-corrected chi connectivity index (χ2v) is 15.2. The Kier molecular flexibility index (Phi) is 5.51. The Hall–Kier alpha value is -5.27. The van der Waals surface area contributed by atoms with E-state index in [4.69, 9.17) is 30.0 Å². The average molecular weight is 627 g/mol. The SMILES string of the molecule is CC[C](O)(CC)[Al]1[n]2c3c4ccccc4c2N=C2N=C(N=c4c5ccccc5c([n]41)=NC1=NC(=N3)c3ccccc31)c1ccccc12. The van der Waals surface area contributed by atoms with Gasteiger partial charge < -0.3 is 12.2 Å². The Balaban J connectivity index is 1.53. The number of amidine groups is 4. The van der Waals surface area contributed by atoms with Crippen molar-refractivity contribution in [2.45, 2.75) is 31.2 Å². The van der Waals surface area contributed by atoms with E-state index in [1.807, 2.05) is 48.5 Å². The van der Waals surface area contributed by atoms with Crippen molar-refractivity contribution in [3.63, 3.8) is 0 Å². The maximum absolute atomic E-state index is 12.9. The zero-order chi connectivity index (χ0) is 31.4. The van der Waals surface area contributed by atoms with Crippen molar-refractivity contribution in [2.24, 2.45) is 30.0 Å². The van der Waals surface area contributed by atoms with Gasteiger partial charge in [0.05, 0.1) is 4.46 Å². The second kappa shape index (κ2) is 9.63. The van der Waals surface area contributed by atoms with Crippen molar-refractivity contribution in [1.82, 2.24) is 7.10 Å². The number of rotatable bonds is 3. The first-order chi connectivity index (χ1) is 23.1. The molecule has 0 amide bonds. The van der Waals surface area contributed by atoms with Crippen LogP contribution in [0.15, 0.2) is 127 Å². The fourth-order valence-electron chi connectivity index (χ4n) is 7.53. The van der Waals surface area contributed by atoms with Crippen LogP contribution in [0.5, 0.6) is 0 Å². The monoisotopic (exact) mass is 626 g/mol. The van der Waals surface area contributed by atoms with Crippen LogP contribution in [0.2, 0.25) is 0 Å². The Morgan fingerprint density at radius 1 is 0.489 bits per heavy atom. The first-order valence-corrected chi connectivity index (χ1v) is 17.6. The van der Waals surface area contributed by atoms with Gasteiger partial charge in [0.15, 0.2) is 23.3 Å². The van der Waals surface area contributed by atoms with Crippen LogP contribution in [-0.4, -0.2) is 54.6 Å². The number of fused-ring (bicyclic) bond motifs is 14. The van der Waals surface area contributed by atoms with Crippen molar-refractivity contribution in [2.75, 3.05) is 0 Å². The summed E-state index contributed by atoms with van der Waals surface area (Å²) >= 11 is -2.89. The number of aliphatic imine (C=N–C) groups is 4. The van der Waals surface area contributed by atoms with Gasteiger partial charge in [0.1, 0.15) is 22.6 Å². The molecule has 4 aliphatic rings. The molecule has 224 valence electrons. The summed E-state index contributed by atoms with van der Waals surface area (Å²) < 4.78 is 3.36. The molecular weight excluding hydrogens is 599 g/mol. The fraction of sp³-hybridized carbons (Fsp3) is 0.135. The molecule has 47 heavy (non-hydrogen) atoms. The zero-order valence-electron chi connectivity index (χ0n) is 25.8. The molecule has 0 unspecified atom stereocenters. The van der Waals surface area contributed by atoms with Gasteiger partial charge >= 0.3 is 14.6 Å². The molecule has 6 heterocycles. The number of nitrogens with zero attached hydrogens (tertiary/aromatic N) is 8. The molecule has 1 N–H and O–H groups in total. The highest BCUT2D eigenvalue weighted by atomic mass is 27.2. The van der Waals surface area contributed by atoms with Gasteiger partial charge in [0.2, 0.25) is 0 Å². The van der Waals surface area contributed by atoms with Crippen molar-refractivity contribution in [3.05, 3.63) is 130 Å². The number of benzene rings is 4. The highest BCUT2D eigenvalue weighted by Crippen LogP contribution is 2.43. The normalized spacial score (nSPS) is 15.7. The lowest BCUT2D eigenvalue weighted by Gasteiger charge is -2.33. The lowest BCUT2D eigenvalue weighted by molar-refractivity contribution is 0.106. The second-order valence-electron chi connectivity index (χ2n) is 12.4. The van der Waals surface area contributed by atoms with Crippen LogP contribution in [0.3, 0.4) is 0 Å². The van der Waals surface area contributed by atoms with Gasteiger partial charge in [0.25, 0.3) is 0 Å². The molecule has 10 rings (SSSR count). The highest BCUT2D eigenvalue weighted by molar-refractivity contribution is 6.61. The van der Waals surface area contributed by atoms with E-state index in [0.717, 1.165) is 66.4 Å². The minimum atomic E-state index is -2.89. The van der Waals surface area contributed by atoms with Crippen molar-refractivity contribution < 1.29 is 5.11 Å². The zero-order valence-corrected chi connectivity index (χ0v) is 26.9. The summed E-state index contributed by atoms with van der Waals surface area (Å²) in [6.45, 7) is 4.12. The van der Waals surface area contributed by atoms with Crippen LogP contribution in [-0.2, 0) is 0 Å². The quantitative estimate of drug-likeness (QED) is 0.257. The molecule has 9 nitrogen and oxygen atoms in total. The van der Waals surface area contributed by atoms with Crippen LogP contribution in [0.4, 0.5) is 11.6 Å². The number of hydrogen-bond acceptors (Lipinski definition) is 7. The molecule has 0 spiro atoms. The van der Waals surface area contributed by atoms with E-state index >= 15 is 0 Å². The molecule has 2 aromatic heterocycles. The van der Waals surface area contributed by atoms with Crippen LogP contribution < -0.4 is 11.0 Å². The van der Waals surface area contributed by atoms with E-state index in [2.05, 4.69) is 69.5 Å². The van der Waals surface area contributed by atoms with Crippen molar-refractivity contribution in [1.29, 1.82) is 0 Å². The standard InChI is InChI=1S/C32H16N8.C5H11O.Al/c1-2-10-18-17(9-1)25-33-26(18)38-28-21-13-5-6-14-22(21)30(35-28)40-32-24-16-8-7-15-23(24)31(36-32)39-29-20-12-4-3-11-19(20)27(34-29)37-25;1-3-5(6)4-2;/h1-16H;6H,3-4H2,1-2H3;/q-2;;+2. The third-order valence-corrected chi connectivity index (χ3v) is 13.7. The first kappa shape index (κ1) is 26.9. The molecule has 0 saturated heterocycles. The van der Waals surface area contributed by atoms with Crippen LogP contribution in [0.1, 0.15) is 48.9 Å². The van der Waals surface area contributed by atoms with Gasteiger partial charge in [-0.25, -0.2) is 30.0 Å².